The Hall–Kier alpha value is -0.600. The van der Waals surface area contributed by atoms with Gasteiger partial charge in [0, 0.05) is 0 Å². The topological polar surface area (TPSA) is 0 Å². The van der Waals surface area contributed by atoms with Crippen molar-refractivity contribution in [3.8, 4) is 0 Å². The van der Waals surface area contributed by atoms with Crippen LogP contribution in [0.15, 0.2) is 11.6 Å². The van der Waals surface area contributed by atoms with Crippen LogP contribution in [0.25, 0.3) is 0 Å². The smallest absolute Gasteiger partial charge is 0.220 e. The minimum atomic E-state index is -6.75. The van der Waals surface area contributed by atoms with Crippen molar-refractivity contribution in [1.29, 1.82) is 0 Å². The molecule has 0 radical (unpaired) electrons. The zero-order chi connectivity index (χ0) is 13.6. The van der Waals surface area contributed by atoms with E-state index in [4.69, 9.17) is 0 Å². The molecule has 0 N–H and O–H groups in total. The summed E-state index contributed by atoms with van der Waals surface area (Å²) >= 11 is 4.29. The maximum Gasteiger partial charge on any atom is 0.457 e. The minimum absolute atomic E-state index is 1.96. The lowest BCUT2D eigenvalue weighted by molar-refractivity contribution is -0.370. The third-order valence-corrected chi connectivity index (χ3v) is 1.81. The second-order valence-corrected chi connectivity index (χ2v) is 3.09. The van der Waals surface area contributed by atoms with Gasteiger partial charge in [0.25, 0.3) is 0 Å². The van der Waals surface area contributed by atoms with Gasteiger partial charge in [-0.25, -0.2) is 4.39 Å². The third kappa shape index (κ3) is 1.96. The van der Waals surface area contributed by atoms with Crippen LogP contribution in [0.4, 0.5) is 39.5 Å². The van der Waals surface area contributed by atoms with Crippen LogP contribution in [0, 0.1) is 0 Å². The molecule has 96 valence electrons. The van der Waals surface area contributed by atoms with Gasteiger partial charge in [0.15, 0.2) is 0 Å². The van der Waals surface area contributed by atoms with Gasteiger partial charge in [0.05, 0.1) is 5.03 Å². The van der Waals surface area contributed by atoms with Crippen LogP contribution in [-0.4, -0.2) is 23.9 Å². The zero-order valence-electron chi connectivity index (χ0n) is 6.99. The van der Waals surface area contributed by atoms with Crippen LogP contribution in [-0.2, 0) is 0 Å². The van der Waals surface area contributed by atoms with Gasteiger partial charge in [0.1, 0.15) is 0 Å². The molecule has 0 amide bonds. The van der Waals surface area contributed by atoms with Crippen molar-refractivity contribution >= 4 is 11.6 Å². The Bertz CT molecular complexity index is 287. The second kappa shape index (κ2) is 3.71. The van der Waals surface area contributed by atoms with E-state index < -0.39 is 29.0 Å². The molecule has 0 nitrogen and oxygen atoms in total. The highest BCUT2D eigenvalue weighted by molar-refractivity contribution is 6.30. The van der Waals surface area contributed by atoms with E-state index >= 15 is 0 Å². The van der Waals surface area contributed by atoms with Gasteiger partial charge in [-0.1, -0.05) is 18.2 Å². The largest absolute Gasteiger partial charge is 0.457 e. The molecule has 0 saturated heterocycles. The number of alkyl halides is 9. The van der Waals surface area contributed by atoms with Crippen LogP contribution < -0.4 is 0 Å². The fourth-order valence-corrected chi connectivity index (χ4v) is 0.923. The van der Waals surface area contributed by atoms with Crippen LogP contribution in [0.3, 0.4) is 0 Å². The van der Waals surface area contributed by atoms with E-state index in [0.29, 0.717) is 0 Å². The van der Waals surface area contributed by atoms with E-state index in [0.717, 1.165) is 0 Å². The Morgan fingerprint density at radius 1 is 0.750 bits per heavy atom. The average molecular weight is 281 g/mol. The molecule has 0 aromatic rings. The highest BCUT2D eigenvalue weighted by Gasteiger charge is 2.82. The summed E-state index contributed by atoms with van der Waals surface area (Å²) in [5.74, 6) is -6.73. The molecule has 0 aromatic carbocycles. The number of hydrogen-bond donors (Lipinski definition) is 0. The predicted molar refractivity (Wildman–Crippen MR) is 35.9 cm³/mol. The maximum atomic E-state index is 12.9. The first kappa shape index (κ1) is 15.4. The van der Waals surface area contributed by atoms with Crippen molar-refractivity contribution in [1.82, 2.24) is 0 Å². The minimum Gasteiger partial charge on any atom is -0.220 e. The van der Waals surface area contributed by atoms with Gasteiger partial charge in [-0.15, -0.1) is 0 Å². The van der Waals surface area contributed by atoms with Crippen LogP contribution in [0.5, 0.6) is 0 Å². The van der Waals surface area contributed by atoms with Gasteiger partial charge in [-0.2, -0.15) is 35.1 Å². The van der Waals surface area contributed by atoms with Crippen molar-refractivity contribution in [2.75, 3.05) is 0 Å². The summed E-state index contributed by atoms with van der Waals surface area (Å²) in [4.78, 5) is 0. The average Bonchev–Trinajstić information content (AvgIpc) is 1.97. The van der Waals surface area contributed by atoms with E-state index in [1.807, 2.05) is 6.58 Å². The van der Waals surface area contributed by atoms with Crippen molar-refractivity contribution in [3.63, 3.8) is 0 Å². The molecule has 0 bridgehead atoms. The first-order chi connectivity index (χ1) is 6.69. The Labute approximate surface area is 87.7 Å². The molecule has 0 aliphatic heterocycles. The molecular formula is C6H2ClF9. The Morgan fingerprint density at radius 3 is 1.12 bits per heavy atom. The summed E-state index contributed by atoms with van der Waals surface area (Å²) in [5.41, 5.74) is -6.07. The number of rotatable bonds is 2. The normalized spacial score (nSPS) is 18.1. The van der Waals surface area contributed by atoms with E-state index in [1.54, 1.807) is 0 Å². The molecule has 0 fully saturated rings. The molecule has 1 atom stereocenters. The van der Waals surface area contributed by atoms with Crippen molar-refractivity contribution in [2.24, 2.45) is 0 Å². The summed E-state index contributed by atoms with van der Waals surface area (Å²) in [6.45, 7) is 1.96. The lowest BCUT2D eigenvalue weighted by Crippen LogP contribution is -2.62. The second-order valence-electron chi connectivity index (χ2n) is 2.63. The summed E-state index contributed by atoms with van der Waals surface area (Å²) in [7, 11) is 0. The molecule has 0 aromatic heterocycles. The summed E-state index contributed by atoms with van der Waals surface area (Å²) < 4.78 is 108. The van der Waals surface area contributed by atoms with Crippen LogP contribution in [0.1, 0.15) is 0 Å². The predicted octanol–water partition coefficient (Wildman–Crippen LogP) is 4.21. The standard InChI is InChI=1S/C6H2ClF9/c1-2(7)3(8,5(11,12)13)4(9,10)6(14,15)16/h1H2/t3-/m1/s1. The molecule has 0 aliphatic carbocycles. The molecule has 0 aliphatic rings. The van der Waals surface area contributed by atoms with E-state index in [1.165, 1.54) is 0 Å². The summed E-state index contributed by atoms with van der Waals surface area (Å²) in [6, 6.07) is 0. The molecule has 0 saturated carbocycles. The highest BCUT2D eigenvalue weighted by Crippen LogP contribution is 2.56. The van der Waals surface area contributed by atoms with Gasteiger partial charge in [0.2, 0.25) is 0 Å². The summed E-state index contributed by atoms with van der Waals surface area (Å²) in [6.07, 6.45) is -13.3. The Morgan fingerprint density at radius 2 is 1.06 bits per heavy atom. The van der Waals surface area contributed by atoms with E-state index in [-0.39, 0.29) is 0 Å². The number of hydrogen-bond acceptors (Lipinski definition) is 0. The highest BCUT2D eigenvalue weighted by atomic mass is 35.5. The first-order valence-electron chi connectivity index (χ1n) is 3.24. The van der Waals surface area contributed by atoms with Gasteiger partial charge in [-0.3, -0.25) is 0 Å². The summed E-state index contributed by atoms with van der Waals surface area (Å²) in [5, 5.41) is -2.50. The number of halogens is 10. The van der Waals surface area contributed by atoms with Gasteiger partial charge < -0.3 is 0 Å². The monoisotopic (exact) mass is 280 g/mol. The Kier molecular flexibility index (Phi) is 3.57. The maximum absolute atomic E-state index is 12.9. The quantitative estimate of drug-likeness (QED) is 0.665. The molecule has 0 heterocycles. The van der Waals surface area contributed by atoms with Crippen molar-refractivity contribution in [3.05, 3.63) is 11.6 Å². The zero-order valence-corrected chi connectivity index (χ0v) is 7.74. The Balaban J connectivity index is 5.85. The van der Waals surface area contributed by atoms with Crippen molar-refractivity contribution in [2.45, 2.75) is 23.9 Å². The molecule has 10 heteroatoms. The van der Waals surface area contributed by atoms with E-state index in [9.17, 15) is 39.5 Å². The van der Waals surface area contributed by atoms with Crippen LogP contribution >= 0.6 is 11.6 Å². The molecule has 0 spiro atoms. The molecular weight excluding hydrogens is 279 g/mol. The molecule has 0 rings (SSSR count). The lowest BCUT2D eigenvalue weighted by Gasteiger charge is -2.35. The van der Waals surface area contributed by atoms with E-state index in [2.05, 4.69) is 11.6 Å². The van der Waals surface area contributed by atoms with Crippen LogP contribution in [0.2, 0.25) is 0 Å². The first-order valence-corrected chi connectivity index (χ1v) is 3.62. The van der Waals surface area contributed by atoms with Crippen molar-refractivity contribution < 1.29 is 39.5 Å². The lowest BCUT2D eigenvalue weighted by atomic mass is 9.96. The molecule has 16 heavy (non-hydrogen) atoms. The van der Waals surface area contributed by atoms with Gasteiger partial charge in [-0.05, 0) is 0 Å². The SMILES string of the molecule is C=C(Cl)[C@](F)(C(F)(F)F)C(F)(F)C(F)(F)F. The molecule has 0 unspecified atom stereocenters. The third-order valence-electron chi connectivity index (χ3n) is 1.55. The number of allylic oxidation sites excluding steroid dienone is 1. The fraction of sp³-hybridized carbons (Fsp3) is 0.667. The van der Waals surface area contributed by atoms with Gasteiger partial charge >= 0.3 is 23.9 Å². The fourth-order valence-electron chi connectivity index (χ4n) is 0.697.